The lowest BCUT2D eigenvalue weighted by molar-refractivity contribution is 0.790. The molecule has 0 aromatic carbocycles. The van der Waals surface area contributed by atoms with Gasteiger partial charge in [-0.1, -0.05) is 0 Å². The molecule has 0 aliphatic rings. The highest BCUT2D eigenvalue weighted by molar-refractivity contribution is 4.95. The van der Waals surface area contributed by atoms with Crippen molar-refractivity contribution in [2.75, 3.05) is 5.84 Å². The van der Waals surface area contributed by atoms with Gasteiger partial charge in [-0.15, -0.1) is 0 Å². The SMILES string of the molecule is Cc1cc(=O)n(N)[nH]1. The third-order valence-corrected chi connectivity index (χ3v) is 0.874. The second kappa shape index (κ2) is 1.40. The summed E-state index contributed by atoms with van der Waals surface area (Å²) in [5, 5.41) is 2.59. The molecule has 0 saturated heterocycles. The van der Waals surface area contributed by atoms with Gasteiger partial charge in [-0.3, -0.25) is 9.89 Å². The predicted molar refractivity (Wildman–Crippen MR) is 29.9 cm³/mol. The lowest BCUT2D eigenvalue weighted by Gasteiger charge is -1.83. The second-order valence-corrected chi connectivity index (χ2v) is 1.65. The van der Waals surface area contributed by atoms with Gasteiger partial charge in [0.1, 0.15) is 0 Å². The highest BCUT2D eigenvalue weighted by atomic mass is 16.1. The maximum atomic E-state index is 10.4. The van der Waals surface area contributed by atoms with Crippen LogP contribution in [0.2, 0.25) is 0 Å². The monoisotopic (exact) mass is 113 g/mol. The molecule has 0 radical (unpaired) electrons. The molecule has 4 nitrogen and oxygen atoms in total. The van der Waals surface area contributed by atoms with Gasteiger partial charge in [0.25, 0.3) is 5.56 Å². The van der Waals surface area contributed by atoms with Gasteiger partial charge in [0, 0.05) is 11.8 Å². The van der Waals surface area contributed by atoms with Crippen molar-refractivity contribution in [1.29, 1.82) is 0 Å². The van der Waals surface area contributed by atoms with Crippen molar-refractivity contribution in [2.24, 2.45) is 0 Å². The fourth-order valence-corrected chi connectivity index (χ4v) is 0.532. The Labute approximate surface area is 45.9 Å². The summed E-state index contributed by atoms with van der Waals surface area (Å²) in [5.41, 5.74) is 0.569. The van der Waals surface area contributed by atoms with Gasteiger partial charge < -0.3 is 5.84 Å². The average molecular weight is 113 g/mol. The largest absolute Gasteiger partial charge is 0.321 e. The third kappa shape index (κ3) is 0.598. The summed E-state index contributed by atoms with van der Waals surface area (Å²) in [7, 11) is 0. The number of hydrogen-bond donors (Lipinski definition) is 2. The first kappa shape index (κ1) is 4.96. The van der Waals surface area contributed by atoms with E-state index in [1.165, 1.54) is 6.07 Å². The number of aromatic amines is 1. The average Bonchev–Trinajstić information content (AvgIpc) is 1.85. The van der Waals surface area contributed by atoms with Crippen molar-refractivity contribution in [3.8, 4) is 0 Å². The van der Waals surface area contributed by atoms with Crippen LogP contribution in [0.5, 0.6) is 0 Å². The van der Waals surface area contributed by atoms with Gasteiger partial charge in [0.05, 0.1) is 0 Å². The van der Waals surface area contributed by atoms with E-state index < -0.39 is 0 Å². The summed E-state index contributed by atoms with van der Waals surface area (Å²) in [6.45, 7) is 1.77. The summed E-state index contributed by atoms with van der Waals surface area (Å²) >= 11 is 0. The molecule has 0 aliphatic heterocycles. The van der Waals surface area contributed by atoms with Gasteiger partial charge in [-0.05, 0) is 6.92 Å². The Morgan fingerprint density at radius 2 is 2.50 bits per heavy atom. The highest BCUT2D eigenvalue weighted by Crippen LogP contribution is 1.78. The number of nitrogen functional groups attached to an aromatic ring is 1. The molecule has 0 fully saturated rings. The minimum Gasteiger partial charge on any atom is -0.321 e. The van der Waals surface area contributed by atoms with Crippen molar-refractivity contribution in [1.82, 2.24) is 9.89 Å². The van der Waals surface area contributed by atoms with Crippen LogP contribution in [0.3, 0.4) is 0 Å². The molecule has 0 spiro atoms. The van der Waals surface area contributed by atoms with Crippen LogP contribution in [0.15, 0.2) is 10.9 Å². The van der Waals surface area contributed by atoms with Crippen LogP contribution in [0.1, 0.15) is 5.69 Å². The van der Waals surface area contributed by atoms with E-state index in [0.717, 1.165) is 10.5 Å². The molecule has 0 amide bonds. The van der Waals surface area contributed by atoms with E-state index in [4.69, 9.17) is 5.84 Å². The Hall–Kier alpha value is -1.19. The predicted octanol–water partition coefficient (Wildman–Crippen LogP) is -0.801. The molecule has 44 valence electrons. The number of nitrogens with zero attached hydrogens (tertiary/aromatic N) is 1. The summed E-state index contributed by atoms with van der Waals surface area (Å²) in [4.78, 5) is 11.4. The number of rotatable bonds is 0. The van der Waals surface area contributed by atoms with Gasteiger partial charge in [0.2, 0.25) is 0 Å². The first-order chi connectivity index (χ1) is 3.70. The van der Waals surface area contributed by atoms with Crippen molar-refractivity contribution in [3.05, 3.63) is 22.1 Å². The maximum Gasteiger partial charge on any atom is 0.285 e. The Morgan fingerprint density at radius 1 is 1.88 bits per heavy atom. The quantitative estimate of drug-likeness (QED) is 0.432. The number of nitrogens with one attached hydrogen (secondary N) is 1. The topological polar surface area (TPSA) is 63.8 Å². The van der Waals surface area contributed by atoms with Crippen LogP contribution in [0.4, 0.5) is 0 Å². The van der Waals surface area contributed by atoms with Crippen LogP contribution in [-0.2, 0) is 0 Å². The molecule has 1 aromatic heterocycles. The first-order valence-corrected chi connectivity index (χ1v) is 2.24. The Morgan fingerprint density at radius 3 is 2.62 bits per heavy atom. The molecular weight excluding hydrogens is 106 g/mol. The molecule has 0 saturated carbocycles. The molecule has 1 heterocycles. The minimum atomic E-state index is -0.206. The zero-order chi connectivity index (χ0) is 6.15. The lowest BCUT2D eigenvalue weighted by atomic mass is 10.5. The van der Waals surface area contributed by atoms with Gasteiger partial charge >= 0.3 is 0 Å². The molecule has 0 atom stereocenters. The molecular formula is C4H7N3O. The molecule has 0 bridgehead atoms. The Balaban J connectivity index is 3.35. The van der Waals surface area contributed by atoms with Crippen LogP contribution < -0.4 is 11.4 Å². The number of nitrogens with two attached hydrogens (primary N) is 1. The second-order valence-electron chi connectivity index (χ2n) is 1.65. The fourth-order valence-electron chi connectivity index (χ4n) is 0.532. The number of H-pyrrole nitrogens is 1. The van der Waals surface area contributed by atoms with E-state index in [1.807, 2.05) is 0 Å². The van der Waals surface area contributed by atoms with Gasteiger partial charge in [-0.25, -0.2) is 0 Å². The standard InChI is InChI=1S/C4H7N3O/c1-3-2-4(8)7(5)6-3/h2,6H,5H2,1H3. The number of aromatic nitrogens is 2. The van der Waals surface area contributed by atoms with Crippen molar-refractivity contribution in [2.45, 2.75) is 6.92 Å². The summed E-state index contributed by atoms with van der Waals surface area (Å²) in [5.74, 6) is 5.09. The van der Waals surface area contributed by atoms with Crippen LogP contribution in [0.25, 0.3) is 0 Å². The summed E-state index contributed by atoms with van der Waals surface area (Å²) in [6, 6.07) is 1.43. The zero-order valence-electron chi connectivity index (χ0n) is 4.51. The van der Waals surface area contributed by atoms with E-state index in [0.29, 0.717) is 0 Å². The van der Waals surface area contributed by atoms with E-state index in [1.54, 1.807) is 6.92 Å². The normalized spacial score (nSPS) is 9.62. The minimum absolute atomic E-state index is 0.206. The summed E-state index contributed by atoms with van der Waals surface area (Å²) < 4.78 is 0. The third-order valence-electron chi connectivity index (χ3n) is 0.874. The zero-order valence-corrected chi connectivity index (χ0v) is 4.51. The van der Waals surface area contributed by atoms with Gasteiger partial charge in [-0.2, -0.15) is 4.79 Å². The van der Waals surface area contributed by atoms with Gasteiger partial charge in [0.15, 0.2) is 0 Å². The van der Waals surface area contributed by atoms with E-state index in [9.17, 15) is 4.79 Å². The molecule has 1 rings (SSSR count). The Bertz CT molecular complexity index is 234. The van der Waals surface area contributed by atoms with Crippen molar-refractivity contribution in [3.63, 3.8) is 0 Å². The number of hydrogen-bond acceptors (Lipinski definition) is 2. The molecule has 1 aromatic rings. The van der Waals surface area contributed by atoms with Crippen molar-refractivity contribution < 1.29 is 0 Å². The maximum absolute atomic E-state index is 10.4. The molecule has 0 unspecified atom stereocenters. The number of aryl methyl sites for hydroxylation is 1. The van der Waals surface area contributed by atoms with E-state index in [2.05, 4.69) is 5.10 Å². The van der Waals surface area contributed by atoms with Crippen LogP contribution >= 0.6 is 0 Å². The highest BCUT2D eigenvalue weighted by Gasteiger charge is 1.90. The lowest BCUT2D eigenvalue weighted by Crippen LogP contribution is -2.23. The molecule has 4 heteroatoms. The first-order valence-electron chi connectivity index (χ1n) is 2.24. The van der Waals surface area contributed by atoms with Crippen LogP contribution in [0, 0.1) is 6.92 Å². The molecule has 3 N–H and O–H groups in total. The summed E-state index contributed by atoms with van der Waals surface area (Å²) in [6.07, 6.45) is 0. The molecule has 8 heavy (non-hydrogen) atoms. The molecule has 0 aliphatic carbocycles. The Kier molecular flexibility index (Phi) is 0.865. The van der Waals surface area contributed by atoms with Crippen molar-refractivity contribution >= 4 is 0 Å². The fraction of sp³-hybridized carbons (Fsp3) is 0.250. The van der Waals surface area contributed by atoms with E-state index in [-0.39, 0.29) is 5.56 Å². The van der Waals surface area contributed by atoms with E-state index >= 15 is 0 Å². The smallest absolute Gasteiger partial charge is 0.285 e. The van der Waals surface area contributed by atoms with Crippen LogP contribution in [-0.4, -0.2) is 9.89 Å².